The van der Waals surface area contributed by atoms with E-state index in [0.717, 1.165) is 0 Å². The Hall–Kier alpha value is -1.66. The van der Waals surface area contributed by atoms with E-state index < -0.39 is 0 Å². The van der Waals surface area contributed by atoms with Gasteiger partial charge in [-0.25, -0.2) is 4.39 Å². The lowest BCUT2D eigenvalue weighted by atomic mass is 10.3. The molecule has 5 nitrogen and oxygen atoms in total. The van der Waals surface area contributed by atoms with Crippen molar-refractivity contribution in [3.63, 3.8) is 0 Å². The topological polar surface area (TPSA) is 65.8 Å². The molecule has 0 radical (unpaired) electrons. The quantitative estimate of drug-likeness (QED) is 0.925. The fraction of sp³-hybridized carbons (Fsp3) is 0.333. The second-order valence-corrected chi connectivity index (χ2v) is 3.98. The number of nitrogens with zero attached hydrogens (tertiary/aromatic N) is 3. The zero-order chi connectivity index (χ0) is 13.1. The van der Waals surface area contributed by atoms with Crippen molar-refractivity contribution in [2.24, 2.45) is 5.73 Å². The molecule has 0 unspecified atom stereocenters. The van der Waals surface area contributed by atoms with Crippen LogP contribution < -0.4 is 11.3 Å². The first-order valence-electron chi connectivity index (χ1n) is 5.74. The van der Waals surface area contributed by atoms with Gasteiger partial charge in [0.25, 0.3) is 5.56 Å². The molecule has 0 bridgehead atoms. The molecule has 0 spiro atoms. The fourth-order valence-corrected chi connectivity index (χ4v) is 1.83. The summed E-state index contributed by atoms with van der Waals surface area (Å²) in [7, 11) is 0. The third-order valence-corrected chi connectivity index (χ3v) is 2.89. The normalized spacial score (nSPS) is 11.6. The molecule has 2 heterocycles. The predicted octanol–water partition coefficient (Wildman–Crippen LogP) is 1.45. The first kappa shape index (κ1) is 15.4. The molecule has 0 fully saturated rings. The SMILES string of the molecule is CCn1ccc2c(cnn2C/C(=C/F)CN)c1=O.Cl. The van der Waals surface area contributed by atoms with E-state index in [1.54, 1.807) is 21.5 Å². The molecule has 0 atom stereocenters. The van der Waals surface area contributed by atoms with Crippen molar-refractivity contribution in [3.05, 3.63) is 40.7 Å². The monoisotopic (exact) mass is 286 g/mol. The van der Waals surface area contributed by atoms with Crippen molar-refractivity contribution in [1.29, 1.82) is 0 Å². The number of hydrogen-bond acceptors (Lipinski definition) is 3. The van der Waals surface area contributed by atoms with Crippen molar-refractivity contribution in [1.82, 2.24) is 14.3 Å². The molecule has 2 N–H and O–H groups in total. The number of halogens is 2. The van der Waals surface area contributed by atoms with Crippen LogP contribution in [0.15, 0.2) is 35.2 Å². The van der Waals surface area contributed by atoms with Crippen LogP contribution in [0.5, 0.6) is 0 Å². The van der Waals surface area contributed by atoms with E-state index in [9.17, 15) is 9.18 Å². The van der Waals surface area contributed by atoms with Crippen LogP contribution in [0.3, 0.4) is 0 Å². The van der Waals surface area contributed by atoms with Gasteiger partial charge in [0.2, 0.25) is 0 Å². The minimum Gasteiger partial charge on any atom is -0.327 e. The van der Waals surface area contributed by atoms with E-state index in [1.165, 1.54) is 6.20 Å². The average Bonchev–Trinajstić information content (AvgIpc) is 2.80. The number of aryl methyl sites for hydroxylation is 1. The Morgan fingerprint density at radius 3 is 2.89 bits per heavy atom. The van der Waals surface area contributed by atoms with Crippen LogP contribution in [0.1, 0.15) is 6.92 Å². The van der Waals surface area contributed by atoms with Gasteiger partial charge in [0.1, 0.15) is 0 Å². The van der Waals surface area contributed by atoms with Gasteiger partial charge in [-0.1, -0.05) is 0 Å². The predicted molar refractivity (Wildman–Crippen MR) is 75.2 cm³/mol. The molecule has 0 aliphatic rings. The smallest absolute Gasteiger partial charge is 0.261 e. The number of fused-ring (bicyclic) bond motifs is 1. The summed E-state index contributed by atoms with van der Waals surface area (Å²) in [6.45, 7) is 2.89. The molecule has 0 saturated heterocycles. The van der Waals surface area contributed by atoms with E-state index in [0.29, 0.717) is 29.4 Å². The van der Waals surface area contributed by atoms with Gasteiger partial charge in [0.15, 0.2) is 0 Å². The first-order chi connectivity index (χ1) is 8.71. The first-order valence-corrected chi connectivity index (χ1v) is 5.74. The lowest BCUT2D eigenvalue weighted by Crippen LogP contribution is -2.18. The summed E-state index contributed by atoms with van der Waals surface area (Å²) < 4.78 is 15.7. The molecular weight excluding hydrogens is 271 g/mol. The van der Waals surface area contributed by atoms with E-state index in [1.807, 2.05) is 6.92 Å². The van der Waals surface area contributed by atoms with E-state index in [-0.39, 0.29) is 31.1 Å². The summed E-state index contributed by atoms with van der Waals surface area (Å²) in [6, 6.07) is 1.81. The minimum atomic E-state index is -0.0835. The second kappa shape index (κ2) is 6.49. The van der Waals surface area contributed by atoms with Gasteiger partial charge in [-0.15, -0.1) is 12.4 Å². The standard InChI is InChI=1S/C12H15FN4O.ClH/c1-2-16-4-3-11-10(12(16)18)7-15-17(11)8-9(5-13)6-14;/h3-5,7H,2,6,8,14H2,1H3;1H/b9-5+;. The molecule has 0 aliphatic carbocycles. The Morgan fingerprint density at radius 1 is 1.58 bits per heavy atom. The van der Waals surface area contributed by atoms with Gasteiger partial charge < -0.3 is 10.3 Å². The van der Waals surface area contributed by atoms with Crippen molar-refractivity contribution in [3.8, 4) is 0 Å². The van der Waals surface area contributed by atoms with Crippen molar-refractivity contribution < 1.29 is 4.39 Å². The van der Waals surface area contributed by atoms with Crippen LogP contribution in [0.4, 0.5) is 4.39 Å². The molecule has 104 valence electrons. The molecule has 19 heavy (non-hydrogen) atoms. The minimum absolute atomic E-state index is 0. The molecule has 2 aromatic rings. The lowest BCUT2D eigenvalue weighted by Gasteiger charge is -2.06. The van der Waals surface area contributed by atoms with Crippen LogP contribution in [0, 0.1) is 0 Å². The summed E-state index contributed by atoms with van der Waals surface area (Å²) in [6.07, 6.45) is 3.71. The van der Waals surface area contributed by atoms with Gasteiger partial charge in [0, 0.05) is 19.3 Å². The van der Waals surface area contributed by atoms with Crippen LogP contribution in [0.25, 0.3) is 10.9 Å². The molecule has 0 aromatic carbocycles. The summed E-state index contributed by atoms with van der Waals surface area (Å²) in [5.74, 6) is 0. The third-order valence-electron chi connectivity index (χ3n) is 2.89. The second-order valence-electron chi connectivity index (χ2n) is 3.98. The zero-order valence-electron chi connectivity index (χ0n) is 10.5. The Balaban J connectivity index is 0.00000180. The number of hydrogen-bond donors (Lipinski definition) is 1. The van der Waals surface area contributed by atoms with Crippen LogP contribution in [-0.4, -0.2) is 20.9 Å². The highest BCUT2D eigenvalue weighted by Crippen LogP contribution is 2.10. The number of pyridine rings is 1. The zero-order valence-corrected chi connectivity index (χ0v) is 11.4. The maximum Gasteiger partial charge on any atom is 0.261 e. The Morgan fingerprint density at radius 2 is 2.32 bits per heavy atom. The number of nitrogens with two attached hydrogens (primary N) is 1. The molecule has 0 amide bonds. The van der Waals surface area contributed by atoms with Crippen LogP contribution in [-0.2, 0) is 13.1 Å². The summed E-state index contributed by atoms with van der Waals surface area (Å²) >= 11 is 0. The maximum atomic E-state index is 12.5. The largest absolute Gasteiger partial charge is 0.327 e. The van der Waals surface area contributed by atoms with Crippen molar-refractivity contribution in [2.45, 2.75) is 20.0 Å². The van der Waals surface area contributed by atoms with Crippen LogP contribution in [0.2, 0.25) is 0 Å². The highest BCUT2D eigenvalue weighted by Gasteiger charge is 2.08. The molecule has 2 rings (SSSR count). The fourth-order valence-electron chi connectivity index (χ4n) is 1.83. The summed E-state index contributed by atoms with van der Waals surface area (Å²) in [5.41, 5.74) is 6.44. The molecule has 0 saturated carbocycles. The van der Waals surface area contributed by atoms with E-state index in [2.05, 4.69) is 5.10 Å². The van der Waals surface area contributed by atoms with Crippen molar-refractivity contribution >= 4 is 23.3 Å². The van der Waals surface area contributed by atoms with Gasteiger partial charge in [-0.2, -0.15) is 5.10 Å². The summed E-state index contributed by atoms with van der Waals surface area (Å²) in [5, 5.41) is 4.64. The molecule has 2 aromatic heterocycles. The summed E-state index contributed by atoms with van der Waals surface area (Å²) in [4.78, 5) is 12.0. The van der Waals surface area contributed by atoms with Gasteiger partial charge in [-0.05, 0) is 18.6 Å². The van der Waals surface area contributed by atoms with Gasteiger partial charge in [0.05, 0.1) is 30.0 Å². The van der Waals surface area contributed by atoms with Crippen LogP contribution >= 0.6 is 12.4 Å². The van der Waals surface area contributed by atoms with E-state index >= 15 is 0 Å². The number of rotatable bonds is 4. The van der Waals surface area contributed by atoms with Crippen molar-refractivity contribution in [2.75, 3.05) is 6.54 Å². The highest BCUT2D eigenvalue weighted by atomic mass is 35.5. The Bertz CT molecular complexity index is 647. The third kappa shape index (κ3) is 2.85. The lowest BCUT2D eigenvalue weighted by molar-refractivity contribution is 0.645. The molecular formula is C12H16ClFN4O. The maximum absolute atomic E-state index is 12.5. The van der Waals surface area contributed by atoms with Gasteiger partial charge in [-0.3, -0.25) is 9.48 Å². The molecule has 0 aliphatic heterocycles. The van der Waals surface area contributed by atoms with E-state index in [4.69, 9.17) is 5.73 Å². The Kier molecular flexibility index (Phi) is 5.26. The Labute approximate surface area is 115 Å². The highest BCUT2D eigenvalue weighted by molar-refractivity contribution is 5.85. The molecule has 7 heteroatoms. The van der Waals surface area contributed by atoms with Gasteiger partial charge >= 0.3 is 0 Å². The average molecular weight is 287 g/mol. The number of aromatic nitrogens is 3.